The fourth-order valence-electron chi connectivity index (χ4n) is 1.80. The number of nitro groups is 1. The summed E-state index contributed by atoms with van der Waals surface area (Å²) in [5.74, 6) is 0.0112. The van der Waals surface area contributed by atoms with Crippen LogP contribution in [0.3, 0.4) is 0 Å². The average Bonchev–Trinajstić information content (AvgIpc) is 2.39. The van der Waals surface area contributed by atoms with Gasteiger partial charge in [-0.1, -0.05) is 0 Å². The van der Waals surface area contributed by atoms with Crippen LogP contribution in [-0.4, -0.2) is 39.8 Å². The molecule has 8 heteroatoms. The quantitative estimate of drug-likeness (QED) is 0.599. The Morgan fingerprint density at radius 3 is 2.60 bits per heavy atom. The zero-order valence-electron chi connectivity index (χ0n) is 11.8. The molecule has 20 heavy (non-hydrogen) atoms. The summed E-state index contributed by atoms with van der Waals surface area (Å²) in [7, 11) is 0. The van der Waals surface area contributed by atoms with Gasteiger partial charge in [-0.15, -0.1) is 0 Å². The standard InChI is InChI=1S/C12H19N5O3/c1-4-16(5-2)12(18)8(3)14-11-9(17(19)20)6-7-10(13)15-11/h6-8H,4-5H2,1-3H3,(H3,13,14,15). The molecule has 0 radical (unpaired) electrons. The van der Waals surface area contributed by atoms with Crippen molar-refractivity contribution >= 4 is 23.2 Å². The minimum Gasteiger partial charge on any atom is -0.384 e. The Labute approximate surface area is 117 Å². The highest BCUT2D eigenvalue weighted by molar-refractivity contribution is 5.84. The van der Waals surface area contributed by atoms with E-state index in [4.69, 9.17) is 5.73 Å². The zero-order chi connectivity index (χ0) is 15.3. The minimum atomic E-state index is -0.622. The SMILES string of the molecule is CCN(CC)C(=O)C(C)Nc1nc(N)ccc1[N+](=O)[O-]. The molecule has 1 amide bonds. The van der Waals surface area contributed by atoms with Gasteiger partial charge in [0.25, 0.3) is 0 Å². The summed E-state index contributed by atoms with van der Waals surface area (Å²) in [5, 5.41) is 13.7. The highest BCUT2D eigenvalue weighted by Gasteiger charge is 2.23. The maximum atomic E-state index is 12.1. The van der Waals surface area contributed by atoms with Gasteiger partial charge in [-0.25, -0.2) is 4.98 Å². The largest absolute Gasteiger partial charge is 0.384 e. The van der Waals surface area contributed by atoms with E-state index >= 15 is 0 Å². The molecule has 0 spiro atoms. The number of likely N-dealkylation sites (N-methyl/N-ethyl adjacent to an activating group) is 1. The first-order valence-electron chi connectivity index (χ1n) is 6.36. The summed E-state index contributed by atoms with van der Waals surface area (Å²) in [6.45, 7) is 6.53. The molecule has 0 aliphatic carbocycles. The molecular weight excluding hydrogens is 262 g/mol. The van der Waals surface area contributed by atoms with Crippen LogP contribution < -0.4 is 11.1 Å². The van der Waals surface area contributed by atoms with Gasteiger partial charge < -0.3 is 16.0 Å². The molecule has 8 nitrogen and oxygen atoms in total. The maximum absolute atomic E-state index is 12.1. The third-order valence-electron chi connectivity index (χ3n) is 2.89. The molecule has 3 N–H and O–H groups in total. The summed E-state index contributed by atoms with van der Waals surface area (Å²) < 4.78 is 0. The van der Waals surface area contributed by atoms with Crippen molar-refractivity contribution in [2.24, 2.45) is 0 Å². The van der Waals surface area contributed by atoms with Crippen molar-refractivity contribution in [1.82, 2.24) is 9.88 Å². The Balaban J connectivity index is 2.95. The monoisotopic (exact) mass is 281 g/mol. The van der Waals surface area contributed by atoms with Crippen LogP contribution in [0.5, 0.6) is 0 Å². The smallest absolute Gasteiger partial charge is 0.311 e. The maximum Gasteiger partial charge on any atom is 0.311 e. The van der Waals surface area contributed by atoms with E-state index in [1.165, 1.54) is 12.1 Å². The molecule has 1 atom stereocenters. The summed E-state index contributed by atoms with van der Waals surface area (Å²) in [6.07, 6.45) is 0. The molecule has 0 fully saturated rings. The van der Waals surface area contributed by atoms with Crippen LogP contribution in [-0.2, 0) is 4.79 Å². The summed E-state index contributed by atoms with van der Waals surface area (Å²) in [6, 6.07) is 1.99. The number of carbonyl (C=O) groups excluding carboxylic acids is 1. The number of pyridine rings is 1. The Bertz CT molecular complexity index is 502. The fourth-order valence-corrected chi connectivity index (χ4v) is 1.80. The predicted octanol–water partition coefficient (Wildman–Crippen LogP) is 1.24. The van der Waals surface area contributed by atoms with Crippen molar-refractivity contribution in [3.63, 3.8) is 0 Å². The highest BCUT2D eigenvalue weighted by atomic mass is 16.6. The average molecular weight is 281 g/mol. The highest BCUT2D eigenvalue weighted by Crippen LogP contribution is 2.23. The van der Waals surface area contributed by atoms with Crippen molar-refractivity contribution in [2.75, 3.05) is 24.1 Å². The molecular formula is C12H19N5O3. The second-order valence-electron chi connectivity index (χ2n) is 4.24. The molecule has 1 aromatic heterocycles. The number of carbonyl (C=O) groups is 1. The van der Waals surface area contributed by atoms with Gasteiger partial charge in [0.05, 0.1) is 4.92 Å². The van der Waals surface area contributed by atoms with Gasteiger partial charge >= 0.3 is 5.69 Å². The van der Waals surface area contributed by atoms with E-state index < -0.39 is 11.0 Å². The van der Waals surface area contributed by atoms with Crippen molar-refractivity contribution in [1.29, 1.82) is 0 Å². The third-order valence-corrected chi connectivity index (χ3v) is 2.89. The molecule has 0 saturated heterocycles. The lowest BCUT2D eigenvalue weighted by molar-refractivity contribution is -0.384. The Hall–Kier alpha value is -2.38. The first kappa shape index (κ1) is 15.7. The lowest BCUT2D eigenvalue weighted by Crippen LogP contribution is -2.41. The lowest BCUT2D eigenvalue weighted by atomic mass is 10.2. The van der Waals surface area contributed by atoms with Gasteiger partial charge in [0, 0.05) is 19.2 Å². The van der Waals surface area contributed by atoms with Crippen LogP contribution in [0.1, 0.15) is 20.8 Å². The number of nitrogens with zero attached hydrogens (tertiary/aromatic N) is 3. The fraction of sp³-hybridized carbons (Fsp3) is 0.500. The lowest BCUT2D eigenvalue weighted by Gasteiger charge is -2.23. The zero-order valence-corrected chi connectivity index (χ0v) is 11.8. The number of rotatable bonds is 6. The molecule has 1 unspecified atom stereocenters. The summed E-state index contributed by atoms with van der Waals surface area (Å²) >= 11 is 0. The van der Waals surface area contributed by atoms with E-state index in [2.05, 4.69) is 10.3 Å². The Kier molecular flexibility index (Phi) is 5.24. The first-order chi connectivity index (χ1) is 9.40. The molecule has 1 heterocycles. The van der Waals surface area contributed by atoms with E-state index in [0.717, 1.165) is 0 Å². The van der Waals surface area contributed by atoms with Crippen LogP contribution in [0, 0.1) is 10.1 Å². The number of hydrogen-bond donors (Lipinski definition) is 2. The van der Waals surface area contributed by atoms with E-state index in [0.29, 0.717) is 13.1 Å². The van der Waals surface area contributed by atoms with Crippen molar-refractivity contribution in [3.8, 4) is 0 Å². The molecule has 1 aromatic rings. The number of hydrogen-bond acceptors (Lipinski definition) is 6. The van der Waals surface area contributed by atoms with Gasteiger partial charge in [-0.05, 0) is 26.8 Å². The van der Waals surface area contributed by atoms with Crippen LogP contribution in [0.4, 0.5) is 17.3 Å². The van der Waals surface area contributed by atoms with Crippen LogP contribution in [0.2, 0.25) is 0 Å². The normalized spacial score (nSPS) is 11.8. The number of aromatic nitrogens is 1. The van der Waals surface area contributed by atoms with Gasteiger partial charge in [-0.2, -0.15) is 0 Å². The van der Waals surface area contributed by atoms with E-state index in [-0.39, 0.29) is 23.2 Å². The van der Waals surface area contributed by atoms with Gasteiger partial charge in [0.1, 0.15) is 11.9 Å². The van der Waals surface area contributed by atoms with Gasteiger partial charge in [0.2, 0.25) is 11.7 Å². The number of nitrogens with two attached hydrogens (primary N) is 1. The molecule has 1 rings (SSSR count). The second kappa shape index (κ2) is 6.69. The molecule has 0 aliphatic heterocycles. The third kappa shape index (κ3) is 3.56. The van der Waals surface area contributed by atoms with Crippen molar-refractivity contribution in [2.45, 2.75) is 26.8 Å². The molecule has 0 saturated carbocycles. The topological polar surface area (TPSA) is 114 Å². The summed E-state index contributed by atoms with van der Waals surface area (Å²) in [5.41, 5.74) is 5.31. The van der Waals surface area contributed by atoms with Crippen LogP contribution in [0.15, 0.2) is 12.1 Å². The number of amides is 1. The Morgan fingerprint density at radius 1 is 1.50 bits per heavy atom. The minimum absolute atomic E-state index is 0.00278. The van der Waals surface area contributed by atoms with E-state index in [1.54, 1.807) is 11.8 Å². The number of nitrogens with one attached hydrogen (secondary N) is 1. The first-order valence-corrected chi connectivity index (χ1v) is 6.36. The number of anilines is 2. The van der Waals surface area contributed by atoms with Gasteiger partial charge in [0.15, 0.2) is 0 Å². The molecule has 0 aliphatic rings. The van der Waals surface area contributed by atoms with Gasteiger partial charge in [-0.3, -0.25) is 14.9 Å². The van der Waals surface area contributed by atoms with Crippen molar-refractivity contribution in [3.05, 3.63) is 22.2 Å². The second-order valence-corrected chi connectivity index (χ2v) is 4.24. The summed E-state index contributed by atoms with van der Waals surface area (Å²) in [4.78, 5) is 28.0. The molecule has 0 bridgehead atoms. The van der Waals surface area contributed by atoms with Crippen LogP contribution >= 0.6 is 0 Å². The Morgan fingerprint density at radius 2 is 2.10 bits per heavy atom. The van der Waals surface area contributed by atoms with Crippen LogP contribution in [0.25, 0.3) is 0 Å². The number of nitrogen functional groups attached to an aromatic ring is 1. The van der Waals surface area contributed by atoms with E-state index in [9.17, 15) is 14.9 Å². The predicted molar refractivity (Wildman–Crippen MR) is 76.3 cm³/mol. The molecule has 110 valence electrons. The molecule has 0 aromatic carbocycles. The van der Waals surface area contributed by atoms with E-state index in [1.807, 2.05) is 13.8 Å². The van der Waals surface area contributed by atoms with Crippen molar-refractivity contribution < 1.29 is 9.72 Å².